The van der Waals surface area contributed by atoms with Gasteiger partial charge in [0, 0.05) is 44.0 Å². The second-order valence-corrected chi connectivity index (χ2v) is 8.32. The number of carbonyl (C=O) groups is 1. The van der Waals surface area contributed by atoms with Gasteiger partial charge in [-0.25, -0.2) is 9.78 Å². The molecule has 1 aliphatic rings. The molecule has 0 aliphatic carbocycles. The van der Waals surface area contributed by atoms with Crippen molar-refractivity contribution in [2.45, 2.75) is 13.1 Å². The van der Waals surface area contributed by atoms with E-state index in [0.29, 0.717) is 12.1 Å². The third-order valence-electron chi connectivity index (χ3n) is 6.14. The quantitative estimate of drug-likeness (QED) is 0.416. The van der Waals surface area contributed by atoms with E-state index < -0.39 is 0 Å². The van der Waals surface area contributed by atoms with E-state index in [0.717, 1.165) is 49.4 Å². The van der Waals surface area contributed by atoms with Crippen molar-refractivity contribution in [1.82, 2.24) is 14.5 Å². The van der Waals surface area contributed by atoms with Crippen molar-refractivity contribution < 1.29 is 14.3 Å². The fourth-order valence-electron chi connectivity index (χ4n) is 4.39. The average Bonchev–Trinajstić information content (AvgIpc) is 3.27. The maximum atomic E-state index is 11.7. The summed E-state index contributed by atoms with van der Waals surface area (Å²) in [4.78, 5) is 18.8. The molecular formula is C27H27N3O3. The van der Waals surface area contributed by atoms with E-state index in [1.54, 1.807) is 12.1 Å². The van der Waals surface area contributed by atoms with E-state index in [-0.39, 0.29) is 5.97 Å². The Labute approximate surface area is 193 Å². The third-order valence-corrected chi connectivity index (χ3v) is 6.14. The molecule has 0 atom stereocenters. The van der Waals surface area contributed by atoms with Crippen molar-refractivity contribution in [3.63, 3.8) is 0 Å². The molecule has 0 N–H and O–H groups in total. The van der Waals surface area contributed by atoms with Crippen molar-refractivity contribution in [3.05, 3.63) is 89.7 Å². The molecule has 5 rings (SSSR count). The molecule has 3 heterocycles. The van der Waals surface area contributed by atoms with Gasteiger partial charge in [-0.1, -0.05) is 30.3 Å². The highest BCUT2D eigenvalue weighted by Crippen LogP contribution is 2.29. The largest absolute Gasteiger partial charge is 0.465 e. The number of benzene rings is 2. The van der Waals surface area contributed by atoms with Gasteiger partial charge in [0.05, 0.1) is 25.9 Å². The first kappa shape index (κ1) is 21.4. The molecule has 0 spiro atoms. The highest BCUT2D eigenvalue weighted by Gasteiger charge is 2.13. The summed E-state index contributed by atoms with van der Waals surface area (Å²) in [5.74, 6) is -0.324. The Balaban J connectivity index is 1.40. The number of pyridine rings is 1. The summed E-state index contributed by atoms with van der Waals surface area (Å²) < 4.78 is 12.4. The molecule has 0 radical (unpaired) electrons. The van der Waals surface area contributed by atoms with Crippen LogP contribution in [0, 0.1) is 0 Å². The van der Waals surface area contributed by atoms with Crippen molar-refractivity contribution in [1.29, 1.82) is 0 Å². The summed E-state index contributed by atoms with van der Waals surface area (Å²) in [5.41, 5.74) is 6.29. The minimum atomic E-state index is -0.324. The highest BCUT2D eigenvalue weighted by atomic mass is 16.5. The van der Waals surface area contributed by atoms with Crippen LogP contribution in [-0.4, -0.2) is 53.8 Å². The molecule has 0 bridgehead atoms. The molecule has 0 saturated carbocycles. The van der Waals surface area contributed by atoms with E-state index in [2.05, 4.69) is 57.0 Å². The molecular weight excluding hydrogens is 414 g/mol. The van der Waals surface area contributed by atoms with Crippen molar-refractivity contribution >= 4 is 17.0 Å². The summed E-state index contributed by atoms with van der Waals surface area (Å²) >= 11 is 0. The van der Waals surface area contributed by atoms with Crippen molar-refractivity contribution in [2.24, 2.45) is 0 Å². The second-order valence-electron chi connectivity index (χ2n) is 8.32. The minimum absolute atomic E-state index is 0.324. The Bertz CT molecular complexity index is 1260. The number of nitrogens with zero attached hydrogens (tertiary/aromatic N) is 3. The van der Waals surface area contributed by atoms with Gasteiger partial charge < -0.3 is 14.0 Å². The molecule has 6 nitrogen and oxygen atoms in total. The van der Waals surface area contributed by atoms with Crippen LogP contribution in [0.5, 0.6) is 0 Å². The zero-order valence-corrected chi connectivity index (χ0v) is 18.7. The first-order chi connectivity index (χ1) is 16.2. The summed E-state index contributed by atoms with van der Waals surface area (Å²) in [6.07, 6.45) is 3.95. The van der Waals surface area contributed by atoms with Crippen LogP contribution in [0.4, 0.5) is 0 Å². The molecule has 33 heavy (non-hydrogen) atoms. The number of morpholine rings is 1. The van der Waals surface area contributed by atoms with Crippen molar-refractivity contribution in [3.8, 4) is 11.1 Å². The normalized spacial score (nSPS) is 14.5. The predicted octanol–water partition coefficient (Wildman–Crippen LogP) is 4.37. The van der Waals surface area contributed by atoms with Gasteiger partial charge in [-0.2, -0.15) is 0 Å². The molecule has 1 fully saturated rings. The van der Waals surface area contributed by atoms with Crippen LogP contribution in [-0.2, 0) is 22.6 Å². The number of fused-ring (bicyclic) bond motifs is 1. The monoisotopic (exact) mass is 441 g/mol. The summed E-state index contributed by atoms with van der Waals surface area (Å²) in [6.45, 7) is 5.19. The summed E-state index contributed by atoms with van der Waals surface area (Å²) in [5, 5.41) is 1.13. The maximum Gasteiger partial charge on any atom is 0.337 e. The van der Waals surface area contributed by atoms with Gasteiger partial charge in [0.1, 0.15) is 5.65 Å². The molecule has 4 aromatic rings. The topological polar surface area (TPSA) is 56.6 Å². The van der Waals surface area contributed by atoms with Gasteiger partial charge in [-0.3, -0.25) is 4.90 Å². The van der Waals surface area contributed by atoms with Crippen LogP contribution in [0.3, 0.4) is 0 Å². The number of carbonyl (C=O) groups excluding carboxylic acids is 1. The first-order valence-corrected chi connectivity index (χ1v) is 11.2. The Hall–Kier alpha value is -3.48. The SMILES string of the molecule is COC(=O)c1ccc(Cn2ccc3c(-c4cccc(CN5CCOCC5)c4)ccnc32)cc1. The van der Waals surface area contributed by atoms with Crippen molar-refractivity contribution in [2.75, 3.05) is 33.4 Å². The number of aromatic nitrogens is 2. The van der Waals surface area contributed by atoms with Gasteiger partial charge in [0.15, 0.2) is 0 Å². The predicted molar refractivity (Wildman–Crippen MR) is 128 cm³/mol. The Kier molecular flexibility index (Phi) is 6.19. The Morgan fingerprint density at radius 3 is 2.61 bits per heavy atom. The molecule has 0 amide bonds. The van der Waals surface area contributed by atoms with E-state index in [9.17, 15) is 4.79 Å². The number of rotatable bonds is 6. The van der Waals surface area contributed by atoms with Crippen LogP contribution < -0.4 is 0 Å². The Morgan fingerprint density at radius 1 is 1.00 bits per heavy atom. The lowest BCUT2D eigenvalue weighted by molar-refractivity contribution is 0.0342. The van der Waals surface area contributed by atoms with Crippen LogP contribution in [0.2, 0.25) is 0 Å². The lowest BCUT2D eigenvalue weighted by Gasteiger charge is -2.26. The average molecular weight is 442 g/mol. The number of hydrogen-bond donors (Lipinski definition) is 0. The van der Waals surface area contributed by atoms with Gasteiger partial charge in [0.25, 0.3) is 0 Å². The van der Waals surface area contributed by atoms with E-state index in [4.69, 9.17) is 9.47 Å². The summed E-state index contributed by atoms with van der Waals surface area (Å²) in [7, 11) is 1.39. The lowest BCUT2D eigenvalue weighted by atomic mass is 10.0. The minimum Gasteiger partial charge on any atom is -0.465 e. The maximum absolute atomic E-state index is 11.7. The van der Waals surface area contributed by atoms with Crippen LogP contribution in [0.1, 0.15) is 21.5 Å². The molecule has 2 aromatic heterocycles. The molecule has 2 aromatic carbocycles. The lowest BCUT2D eigenvalue weighted by Crippen LogP contribution is -2.35. The first-order valence-electron chi connectivity index (χ1n) is 11.2. The molecule has 1 aliphatic heterocycles. The van der Waals surface area contributed by atoms with Gasteiger partial charge in [-0.05, 0) is 52.6 Å². The number of esters is 1. The third kappa shape index (κ3) is 4.67. The zero-order valence-electron chi connectivity index (χ0n) is 18.7. The highest BCUT2D eigenvalue weighted by molar-refractivity contribution is 5.93. The van der Waals surface area contributed by atoms with Crippen LogP contribution in [0.15, 0.2) is 73.1 Å². The second kappa shape index (κ2) is 9.57. The van der Waals surface area contributed by atoms with Gasteiger partial charge in [-0.15, -0.1) is 0 Å². The Morgan fingerprint density at radius 2 is 1.82 bits per heavy atom. The van der Waals surface area contributed by atoms with Gasteiger partial charge >= 0.3 is 5.97 Å². The van der Waals surface area contributed by atoms with Crippen LogP contribution >= 0.6 is 0 Å². The number of hydrogen-bond acceptors (Lipinski definition) is 5. The van der Waals surface area contributed by atoms with Gasteiger partial charge in [0.2, 0.25) is 0 Å². The number of methoxy groups -OCH3 is 1. The zero-order chi connectivity index (χ0) is 22.6. The van der Waals surface area contributed by atoms with E-state index >= 15 is 0 Å². The van der Waals surface area contributed by atoms with E-state index in [1.807, 2.05) is 18.3 Å². The molecule has 6 heteroatoms. The summed E-state index contributed by atoms with van der Waals surface area (Å²) in [6, 6.07) is 20.5. The molecule has 168 valence electrons. The van der Waals surface area contributed by atoms with E-state index in [1.165, 1.54) is 23.8 Å². The molecule has 0 unspecified atom stereocenters. The smallest absolute Gasteiger partial charge is 0.337 e. The standard InChI is InChI=1S/C27H27N3O3/c1-32-27(31)22-7-5-20(6-8-22)19-30-12-10-25-24(9-11-28-26(25)30)23-4-2-3-21(17-23)18-29-13-15-33-16-14-29/h2-12,17H,13-16,18-19H2,1H3. The fraction of sp³-hybridized carbons (Fsp3) is 0.259. The fourth-order valence-corrected chi connectivity index (χ4v) is 4.39. The molecule has 1 saturated heterocycles. The number of ether oxygens (including phenoxy) is 2. The van der Waals surface area contributed by atoms with Crippen LogP contribution in [0.25, 0.3) is 22.2 Å².